The maximum atomic E-state index is 6.34. The Balaban J connectivity index is 1.68. The van der Waals surface area contributed by atoms with Crippen molar-refractivity contribution in [2.45, 2.75) is 96.1 Å². The minimum Gasteiger partial charge on any atom is -0.378 e. The van der Waals surface area contributed by atoms with Gasteiger partial charge in [0.1, 0.15) is 0 Å². The van der Waals surface area contributed by atoms with Gasteiger partial charge in [0.2, 0.25) is 0 Å². The van der Waals surface area contributed by atoms with E-state index in [1.807, 2.05) is 0 Å². The van der Waals surface area contributed by atoms with E-state index in [2.05, 4.69) is 6.92 Å². The lowest BCUT2D eigenvalue weighted by molar-refractivity contribution is -0.134. The summed E-state index contributed by atoms with van der Waals surface area (Å²) in [6, 6.07) is 0.413. The molecule has 0 saturated heterocycles. The lowest BCUT2D eigenvalue weighted by Crippen LogP contribution is -2.62. The summed E-state index contributed by atoms with van der Waals surface area (Å²) in [5.74, 6) is 0. The van der Waals surface area contributed by atoms with E-state index in [-0.39, 0.29) is 0 Å². The van der Waals surface area contributed by atoms with Gasteiger partial charge in [-0.25, -0.2) is 0 Å². The molecule has 0 amide bonds. The maximum Gasteiger partial charge on any atom is 0.0661 e. The number of unbranched alkanes of at least 4 members (excludes halogenated alkanes) is 4. The van der Waals surface area contributed by atoms with Crippen molar-refractivity contribution in [3.63, 3.8) is 0 Å². The maximum absolute atomic E-state index is 6.34. The van der Waals surface area contributed by atoms with E-state index in [1.165, 1.54) is 70.6 Å². The normalized spacial score (nSPS) is 30.0. The van der Waals surface area contributed by atoms with Crippen LogP contribution in [0.5, 0.6) is 0 Å². The molecule has 2 aliphatic rings. The average Bonchev–Trinajstić information content (AvgIpc) is 2.69. The van der Waals surface area contributed by atoms with Crippen molar-refractivity contribution in [1.29, 1.82) is 0 Å². The zero-order valence-electron chi connectivity index (χ0n) is 12.8. The van der Waals surface area contributed by atoms with E-state index in [1.54, 1.807) is 0 Å². The van der Waals surface area contributed by atoms with Crippen LogP contribution >= 0.6 is 0 Å². The summed E-state index contributed by atoms with van der Waals surface area (Å²) in [5.41, 5.74) is 6.70. The zero-order chi connectivity index (χ0) is 13.6. The monoisotopic (exact) mass is 267 g/mol. The van der Waals surface area contributed by atoms with Gasteiger partial charge in [-0.3, -0.25) is 0 Å². The highest BCUT2D eigenvalue weighted by Crippen LogP contribution is 2.51. The molecule has 2 aliphatic carbocycles. The third-order valence-electron chi connectivity index (χ3n) is 5.45. The molecular weight excluding hydrogens is 234 g/mol. The molecule has 0 bridgehead atoms. The summed E-state index contributed by atoms with van der Waals surface area (Å²) in [7, 11) is 0. The van der Waals surface area contributed by atoms with Crippen LogP contribution in [-0.2, 0) is 4.74 Å². The summed E-state index contributed by atoms with van der Waals surface area (Å²) in [4.78, 5) is 0. The molecular formula is C17H33NO. The first-order valence-electron chi connectivity index (χ1n) is 8.67. The molecule has 0 radical (unpaired) electrons. The van der Waals surface area contributed by atoms with E-state index < -0.39 is 0 Å². The molecule has 19 heavy (non-hydrogen) atoms. The molecule has 112 valence electrons. The van der Waals surface area contributed by atoms with Gasteiger partial charge in [0.05, 0.1) is 6.10 Å². The third kappa shape index (κ3) is 3.72. The van der Waals surface area contributed by atoms with Gasteiger partial charge in [0.15, 0.2) is 0 Å². The zero-order valence-corrected chi connectivity index (χ0v) is 12.8. The Morgan fingerprint density at radius 1 is 1.00 bits per heavy atom. The molecule has 2 atom stereocenters. The topological polar surface area (TPSA) is 35.2 Å². The summed E-state index contributed by atoms with van der Waals surface area (Å²) in [6.07, 6.45) is 16.4. The van der Waals surface area contributed by atoms with E-state index in [0.717, 1.165) is 13.0 Å². The molecule has 0 aromatic carbocycles. The fraction of sp³-hybridized carbons (Fsp3) is 1.00. The second-order valence-electron chi connectivity index (χ2n) is 6.76. The molecule has 2 unspecified atom stereocenters. The van der Waals surface area contributed by atoms with Crippen LogP contribution < -0.4 is 5.73 Å². The highest BCUT2D eigenvalue weighted by Gasteiger charge is 2.53. The predicted molar refractivity (Wildman–Crippen MR) is 81.2 cm³/mol. The van der Waals surface area contributed by atoms with E-state index in [4.69, 9.17) is 10.5 Å². The SMILES string of the molecule is CCCCCCCOC1CC(N)C12CCCCCC2. The quantitative estimate of drug-likeness (QED) is 0.693. The smallest absolute Gasteiger partial charge is 0.0661 e. The van der Waals surface area contributed by atoms with Crippen molar-refractivity contribution in [2.24, 2.45) is 11.1 Å². The number of rotatable bonds is 7. The Morgan fingerprint density at radius 2 is 1.68 bits per heavy atom. The van der Waals surface area contributed by atoms with Crippen LogP contribution in [0, 0.1) is 5.41 Å². The first-order valence-corrected chi connectivity index (χ1v) is 8.67. The minimum atomic E-state index is 0.361. The van der Waals surface area contributed by atoms with Crippen molar-refractivity contribution >= 4 is 0 Å². The van der Waals surface area contributed by atoms with Crippen molar-refractivity contribution < 1.29 is 4.74 Å². The van der Waals surface area contributed by atoms with Crippen LogP contribution in [0.25, 0.3) is 0 Å². The Labute approximate surface area is 119 Å². The van der Waals surface area contributed by atoms with Gasteiger partial charge in [-0.2, -0.15) is 0 Å². The molecule has 0 aromatic heterocycles. The first kappa shape index (κ1) is 15.3. The number of nitrogens with two attached hydrogens (primary N) is 1. The summed E-state index contributed by atoms with van der Waals surface area (Å²) >= 11 is 0. The molecule has 2 nitrogen and oxygen atoms in total. The Kier molecular flexibility index (Phi) is 6.15. The van der Waals surface area contributed by atoms with Crippen molar-refractivity contribution in [2.75, 3.05) is 6.61 Å². The molecule has 2 rings (SSSR count). The Hall–Kier alpha value is -0.0800. The summed E-state index contributed by atoms with van der Waals surface area (Å²) < 4.78 is 6.20. The van der Waals surface area contributed by atoms with Gasteiger partial charge in [-0.05, 0) is 25.7 Å². The van der Waals surface area contributed by atoms with Gasteiger partial charge in [-0.1, -0.05) is 58.3 Å². The number of hydrogen-bond acceptors (Lipinski definition) is 2. The number of ether oxygens (including phenoxy) is 1. The van der Waals surface area contributed by atoms with Crippen LogP contribution in [-0.4, -0.2) is 18.8 Å². The summed E-state index contributed by atoms with van der Waals surface area (Å²) in [5, 5.41) is 0. The van der Waals surface area contributed by atoms with Crippen LogP contribution in [0.15, 0.2) is 0 Å². The van der Waals surface area contributed by atoms with E-state index >= 15 is 0 Å². The highest BCUT2D eigenvalue weighted by molar-refractivity contribution is 5.06. The molecule has 1 spiro atoms. The first-order chi connectivity index (χ1) is 9.29. The van der Waals surface area contributed by atoms with Crippen molar-refractivity contribution in [3.05, 3.63) is 0 Å². The van der Waals surface area contributed by atoms with Gasteiger partial charge < -0.3 is 10.5 Å². The van der Waals surface area contributed by atoms with Crippen LogP contribution in [0.4, 0.5) is 0 Å². The minimum absolute atomic E-state index is 0.361. The molecule has 2 saturated carbocycles. The predicted octanol–water partition coefficient (Wildman–Crippen LogP) is 4.41. The van der Waals surface area contributed by atoms with Gasteiger partial charge >= 0.3 is 0 Å². The molecule has 0 heterocycles. The van der Waals surface area contributed by atoms with Crippen LogP contribution in [0.1, 0.15) is 84.0 Å². The largest absolute Gasteiger partial charge is 0.378 e. The Bertz CT molecular complexity index is 246. The summed E-state index contributed by atoms with van der Waals surface area (Å²) in [6.45, 7) is 3.23. The number of hydrogen-bond donors (Lipinski definition) is 1. The molecule has 2 heteroatoms. The van der Waals surface area contributed by atoms with E-state index in [0.29, 0.717) is 17.6 Å². The molecule has 0 aromatic rings. The molecule has 0 aliphatic heterocycles. The van der Waals surface area contributed by atoms with Gasteiger partial charge in [0.25, 0.3) is 0 Å². The molecule has 2 fully saturated rings. The average molecular weight is 267 g/mol. The Morgan fingerprint density at radius 3 is 2.32 bits per heavy atom. The van der Waals surface area contributed by atoms with Crippen molar-refractivity contribution in [1.82, 2.24) is 0 Å². The third-order valence-corrected chi connectivity index (χ3v) is 5.45. The second kappa shape index (κ2) is 7.64. The van der Waals surface area contributed by atoms with E-state index in [9.17, 15) is 0 Å². The fourth-order valence-electron chi connectivity index (χ4n) is 4.02. The standard InChI is InChI=1S/C17H33NO/c1-2-3-4-7-10-13-19-16-14-15(18)17(16)11-8-5-6-9-12-17/h15-16H,2-14,18H2,1H3. The molecule has 2 N–H and O–H groups in total. The van der Waals surface area contributed by atoms with Crippen molar-refractivity contribution in [3.8, 4) is 0 Å². The lowest BCUT2D eigenvalue weighted by atomic mass is 9.58. The van der Waals surface area contributed by atoms with Crippen LogP contribution in [0.3, 0.4) is 0 Å². The fourth-order valence-corrected chi connectivity index (χ4v) is 4.02. The van der Waals surface area contributed by atoms with Crippen LogP contribution in [0.2, 0.25) is 0 Å². The lowest BCUT2D eigenvalue weighted by Gasteiger charge is -2.54. The van der Waals surface area contributed by atoms with Gasteiger partial charge in [0, 0.05) is 18.1 Å². The van der Waals surface area contributed by atoms with Gasteiger partial charge in [-0.15, -0.1) is 0 Å². The second-order valence-corrected chi connectivity index (χ2v) is 6.76. The highest BCUT2D eigenvalue weighted by atomic mass is 16.5.